The van der Waals surface area contributed by atoms with Gasteiger partial charge >= 0.3 is 58.2 Å². The number of hydrogen-bond acceptors (Lipinski definition) is 1. The molecule has 1 nitrogen and oxygen atoms in total. The minimum Gasteiger partial charge on any atom is -0.878 e. The first-order valence-corrected chi connectivity index (χ1v) is 0.644. The maximum absolute atomic E-state index is 8.69. The maximum Gasteiger partial charge on any atom is 1.00 e. The van der Waals surface area contributed by atoms with Crippen LogP contribution in [0.4, 0.5) is 0 Å². The first kappa shape index (κ1) is 9.02. The molecule has 0 aromatic carbocycles. The molecule has 18 valence electrons. The summed E-state index contributed by atoms with van der Waals surface area (Å²) in [6.45, 7) is 2.81. The number of rotatable bonds is 0. The van der Waals surface area contributed by atoms with E-state index in [1.807, 2.05) is 0 Å². The Labute approximate surface area is 74.5 Å². The molecule has 0 aliphatic rings. The summed E-state index contributed by atoms with van der Waals surface area (Å²) >= 11 is 0. The van der Waals surface area contributed by atoms with Crippen LogP contribution in [0.15, 0.2) is 12.8 Å². The normalized spacial score (nSPS) is 3.00. The van der Waals surface area contributed by atoms with Gasteiger partial charge in [-0.3, -0.25) is 0 Å². The average molecular weight is 129 g/mol. The summed E-state index contributed by atoms with van der Waals surface area (Å²) in [5, 5.41) is 8.69. The zero-order valence-electron chi connectivity index (χ0n) is 2.69. The fourth-order valence-electron chi connectivity index (χ4n) is 0. The van der Waals surface area contributed by atoms with E-state index < -0.39 is 0 Å². The van der Waals surface area contributed by atoms with E-state index in [2.05, 4.69) is 6.58 Å². The van der Waals surface area contributed by atoms with Crippen LogP contribution in [0.1, 0.15) is 0 Å². The first-order chi connectivity index (χ1) is 1.41. The van der Waals surface area contributed by atoms with Crippen molar-refractivity contribution in [3.8, 4) is 0 Å². The Morgan fingerprint density at radius 3 is 1.75 bits per heavy atom. The predicted molar refractivity (Wildman–Crippen MR) is 10.2 cm³/mol. The molecule has 0 amide bonds. The standard InChI is InChI=1S/C2H4O.Rb/c1-2-3;/h2-3H,1H2;/q;+1/p-1. The Bertz CT molecular complexity index is 13.5. The third-order valence-electron chi connectivity index (χ3n) is 0. The van der Waals surface area contributed by atoms with Crippen molar-refractivity contribution in [3.05, 3.63) is 12.8 Å². The van der Waals surface area contributed by atoms with Gasteiger partial charge in [0.1, 0.15) is 0 Å². The van der Waals surface area contributed by atoms with Crippen LogP contribution in [0.2, 0.25) is 0 Å². The van der Waals surface area contributed by atoms with Crippen molar-refractivity contribution < 1.29 is 63.3 Å². The van der Waals surface area contributed by atoms with E-state index in [0.29, 0.717) is 6.26 Å². The van der Waals surface area contributed by atoms with Crippen LogP contribution in [-0.4, -0.2) is 0 Å². The van der Waals surface area contributed by atoms with E-state index >= 15 is 0 Å². The molecular weight excluding hydrogens is 125 g/mol. The van der Waals surface area contributed by atoms with Gasteiger partial charge in [-0.15, -0.1) is 6.58 Å². The molecule has 4 heavy (non-hydrogen) atoms. The molecule has 0 N–H and O–H groups in total. The molecule has 0 saturated heterocycles. The minimum atomic E-state index is 0. The van der Waals surface area contributed by atoms with Gasteiger partial charge in [-0.1, -0.05) is 0 Å². The predicted octanol–water partition coefficient (Wildman–Crippen LogP) is -3.51. The summed E-state index contributed by atoms with van der Waals surface area (Å²) in [7, 11) is 0. The summed E-state index contributed by atoms with van der Waals surface area (Å²) in [4.78, 5) is 0. The van der Waals surface area contributed by atoms with E-state index in [-0.39, 0.29) is 58.2 Å². The molecule has 0 aliphatic heterocycles. The van der Waals surface area contributed by atoms with Crippen LogP contribution in [0.5, 0.6) is 0 Å². The molecular formula is C2H3ORb. The SMILES string of the molecule is C=C[O-].[Rb+]. The van der Waals surface area contributed by atoms with Crippen LogP contribution in [-0.2, 0) is 0 Å². The second kappa shape index (κ2) is 8.84. The van der Waals surface area contributed by atoms with Gasteiger partial charge in [-0.25, -0.2) is 0 Å². The molecule has 0 fully saturated rings. The van der Waals surface area contributed by atoms with E-state index in [9.17, 15) is 0 Å². The van der Waals surface area contributed by atoms with Gasteiger partial charge < -0.3 is 5.11 Å². The molecule has 0 radical (unpaired) electrons. The molecule has 0 bridgehead atoms. The Balaban J connectivity index is 0. The quantitative estimate of drug-likeness (QED) is 0.311. The molecule has 0 aromatic heterocycles. The van der Waals surface area contributed by atoms with Crippen LogP contribution in [0.3, 0.4) is 0 Å². The third-order valence-corrected chi connectivity index (χ3v) is 0. The summed E-state index contributed by atoms with van der Waals surface area (Å²) in [6, 6.07) is 0. The molecule has 0 aromatic rings. The molecule has 0 aliphatic carbocycles. The molecule has 0 rings (SSSR count). The molecule has 0 spiro atoms. The molecule has 2 heteroatoms. The Kier molecular flexibility index (Phi) is 19.9. The Hall–Kier alpha value is 1.35. The first-order valence-electron chi connectivity index (χ1n) is 0.644. The molecule has 0 saturated carbocycles. The van der Waals surface area contributed by atoms with Gasteiger partial charge in [-0.2, -0.15) is 6.26 Å². The van der Waals surface area contributed by atoms with Crippen LogP contribution >= 0.6 is 0 Å². The van der Waals surface area contributed by atoms with Crippen molar-refractivity contribution >= 4 is 0 Å². The summed E-state index contributed by atoms with van der Waals surface area (Å²) in [5.74, 6) is 0. The average Bonchev–Trinajstić information content (AvgIpc) is 0.918. The zero-order valence-corrected chi connectivity index (χ0v) is 7.61. The van der Waals surface area contributed by atoms with Crippen LogP contribution < -0.4 is 63.3 Å². The van der Waals surface area contributed by atoms with Gasteiger partial charge in [0.2, 0.25) is 0 Å². The number of hydrogen-bond donors (Lipinski definition) is 0. The molecule has 0 unspecified atom stereocenters. The van der Waals surface area contributed by atoms with E-state index in [0.717, 1.165) is 0 Å². The minimum absolute atomic E-state index is 0. The van der Waals surface area contributed by atoms with Gasteiger partial charge in [0, 0.05) is 0 Å². The van der Waals surface area contributed by atoms with Crippen molar-refractivity contribution in [1.82, 2.24) is 0 Å². The summed E-state index contributed by atoms with van der Waals surface area (Å²) < 4.78 is 0. The fraction of sp³-hybridized carbons (Fsp3) is 0. The van der Waals surface area contributed by atoms with Crippen molar-refractivity contribution in [2.24, 2.45) is 0 Å². The monoisotopic (exact) mass is 128 g/mol. The van der Waals surface area contributed by atoms with E-state index in [1.54, 1.807) is 0 Å². The zero-order chi connectivity index (χ0) is 2.71. The summed E-state index contributed by atoms with van der Waals surface area (Å²) in [6.07, 6.45) is 0.500. The van der Waals surface area contributed by atoms with E-state index in [4.69, 9.17) is 5.11 Å². The van der Waals surface area contributed by atoms with Crippen molar-refractivity contribution in [2.45, 2.75) is 0 Å². The van der Waals surface area contributed by atoms with Crippen molar-refractivity contribution in [1.29, 1.82) is 0 Å². The molecule has 0 atom stereocenters. The van der Waals surface area contributed by atoms with Crippen molar-refractivity contribution in [3.63, 3.8) is 0 Å². The van der Waals surface area contributed by atoms with Crippen molar-refractivity contribution in [2.75, 3.05) is 0 Å². The van der Waals surface area contributed by atoms with Gasteiger partial charge in [0.05, 0.1) is 0 Å². The maximum atomic E-state index is 8.69. The Morgan fingerprint density at radius 1 is 1.75 bits per heavy atom. The Morgan fingerprint density at radius 2 is 1.75 bits per heavy atom. The van der Waals surface area contributed by atoms with Gasteiger partial charge in [-0.05, 0) is 0 Å². The fourth-order valence-corrected chi connectivity index (χ4v) is 0. The van der Waals surface area contributed by atoms with E-state index in [1.165, 1.54) is 0 Å². The van der Waals surface area contributed by atoms with Crippen LogP contribution in [0.25, 0.3) is 0 Å². The second-order valence-electron chi connectivity index (χ2n) is 0.167. The second-order valence-corrected chi connectivity index (χ2v) is 0.167. The van der Waals surface area contributed by atoms with Gasteiger partial charge in [0.25, 0.3) is 0 Å². The molecule has 0 heterocycles. The smallest absolute Gasteiger partial charge is 0.878 e. The topological polar surface area (TPSA) is 23.1 Å². The summed E-state index contributed by atoms with van der Waals surface area (Å²) in [5.41, 5.74) is 0. The largest absolute Gasteiger partial charge is 1.00 e. The third kappa shape index (κ3) is 10.2. The van der Waals surface area contributed by atoms with Crippen LogP contribution in [0, 0.1) is 0 Å². The van der Waals surface area contributed by atoms with Gasteiger partial charge in [0.15, 0.2) is 0 Å².